The van der Waals surface area contributed by atoms with E-state index in [1.807, 2.05) is 30.3 Å². The molecule has 1 aromatic carbocycles. The van der Waals surface area contributed by atoms with Crippen molar-refractivity contribution >= 4 is 5.91 Å². The van der Waals surface area contributed by atoms with E-state index in [4.69, 9.17) is 10.5 Å². The second-order valence-electron chi connectivity index (χ2n) is 3.54. The summed E-state index contributed by atoms with van der Waals surface area (Å²) in [5.74, 6) is 0.294. The molecule has 0 bridgehead atoms. The van der Waals surface area contributed by atoms with Gasteiger partial charge in [0.2, 0.25) is 5.91 Å². The Hall–Kier alpha value is -1.77. The lowest BCUT2D eigenvalue weighted by molar-refractivity contribution is -0.114. The number of nitrogens with two attached hydrogens (primary N) is 1. The first kappa shape index (κ1) is 12.3. The molecule has 0 aromatic heterocycles. The molecule has 0 fully saturated rings. The number of carbonyl (C=O) groups is 1. The summed E-state index contributed by atoms with van der Waals surface area (Å²) in [5, 5.41) is 0. The zero-order valence-electron chi connectivity index (χ0n) is 9.48. The molecule has 2 N–H and O–H groups in total. The van der Waals surface area contributed by atoms with Crippen molar-refractivity contribution < 1.29 is 9.53 Å². The van der Waals surface area contributed by atoms with Gasteiger partial charge in [0, 0.05) is 0 Å². The van der Waals surface area contributed by atoms with Crippen molar-refractivity contribution in [1.29, 1.82) is 0 Å². The highest BCUT2D eigenvalue weighted by Gasteiger charge is 2.04. The molecule has 3 nitrogen and oxygen atoms in total. The number of unbranched alkanes of at least 4 members (excludes halogenated alkanes) is 1. The number of rotatable bonds is 6. The fraction of sp³-hybridized carbons (Fsp3) is 0.308. The third kappa shape index (κ3) is 4.17. The van der Waals surface area contributed by atoms with Crippen molar-refractivity contribution in [2.45, 2.75) is 26.2 Å². The quantitative estimate of drug-likeness (QED) is 0.590. The molecular formula is C13H17NO2. The topological polar surface area (TPSA) is 52.3 Å². The zero-order chi connectivity index (χ0) is 11.8. The maximum absolute atomic E-state index is 11.1. The van der Waals surface area contributed by atoms with E-state index in [-0.39, 0.29) is 0 Å². The van der Waals surface area contributed by atoms with E-state index >= 15 is 0 Å². The molecule has 0 aliphatic carbocycles. The van der Waals surface area contributed by atoms with Gasteiger partial charge in [-0.2, -0.15) is 0 Å². The molecule has 16 heavy (non-hydrogen) atoms. The third-order valence-corrected chi connectivity index (χ3v) is 2.20. The summed E-state index contributed by atoms with van der Waals surface area (Å²) in [4.78, 5) is 11.1. The summed E-state index contributed by atoms with van der Waals surface area (Å²) in [7, 11) is 0. The van der Waals surface area contributed by atoms with Gasteiger partial charge in [0.15, 0.2) is 0 Å². The second kappa shape index (κ2) is 6.67. The van der Waals surface area contributed by atoms with E-state index in [1.54, 1.807) is 0 Å². The van der Waals surface area contributed by atoms with E-state index in [1.165, 1.54) is 6.26 Å². The smallest absolute Gasteiger partial charge is 0.247 e. The van der Waals surface area contributed by atoms with Crippen LogP contribution in [0.25, 0.3) is 0 Å². The highest BCUT2D eigenvalue weighted by molar-refractivity contribution is 5.91. The third-order valence-electron chi connectivity index (χ3n) is 2.20. The number of amides is 1. The van der Waals surface area contributed by atoms with E-state index < -0.39 is 5.91 Å². The Bertz CT molecular complexity index is 357. The Labute approximate surface area is 95.9 Å². The molecule has 0 spiro atoms. The standard InChI is InChI=1S/C13H17NO2/c1-2-3-7-11(13(14)15)10-16-12-8-5-4-6-9-12/h4-6,8-10H,2-3,7H2,1H3,(H2,14,15). The molecule has 0 heterocycles. The highest BCUT2D eigenvalue weighted by atomic mass is 16.5. The summed E-state index contributed by atoms with van der Waals surface area (Å²) >= 11 is 0. The minimum absolute atomic E-state index is 0.413. The molecule has 0 aliphatic rings. The normalized spacial score (nSPS) is 11.2. The molecule has 0 saturated carbocycles. The average Bonchev–Trinajstić information content (AvgIpc) is 2.30. The molecule has 0 aliphatic heterocycles. The van der Waals surface area contributed by atoms with Gasteiger partial charge in [0.05, 0.1) is 11.8 Å². The van der Waals surface area contributed by atoms with Crippen LogP contribution in [0.3, 0.4) is 0 Å². The lowest BCUT2D eigenvalue weighted by atomic mass is 10.1. The first-order valence-corrected chi connectivity index (χ1v) is 5.44. The lowest BCUT2D eigenvalue weighted by Gasteiger charge is -2.04. The molecule has 1 rings (SSSR count). The molecule has 86 valence electrons. The van der Waals surface area contributed by atoms with Gasteiger partial charge in [0.1, 0.15) is 5.75 Å². The van der Waals surface area contributed by atoms with E-state index in [0.717, 1.165) is 12.8 Å². The predicted molar refractivity (Wildman–Crippen MR) is 63.9 cm³/mol. The molecule has 1 amide bonds. The fourth-order valence-corrected chi connectivity index (χ4v) is 1.25. The number of hydrogen-bond donors (Lipinski definition) is 1. The van der Waals surface area contributed by atoms with Crippen LogP contribution in [0, 0.1) is 0 Å². The Morgan fingerprint density at radius 2 is 2.06 bits per heavy atom. The van der Waals surface area contributed by atoms with Gasteiger partial charge in [-0.1, -0.05) is 31.5 Å². The predicted octanol–water partition coefficient (Wildman–Crippen LogP) is 2.62. The Kier molecular flexibility index (Phi) is 5.12. The molecule has 0 atom stereocenters. The summed E-state index contributed by atoms with van der Waals surface area (Å²) in [6.07, 6.45) is 4.08. The number of hydrogen-bond acceptors (Lipinski definition) is 2. The van der Waals surface area contributed by atoms with Gasteiger partial charge in [-0.15, -0.1) is 0 Å². The average molecular weight is 219 g/mol. The maximum Gasteiger partial charge on any atom is 0.247 e. The Balaban J connectivity index is 2.61. The molecule has 1 aromatic rings. The number of benzene rings is 1. The largest absolute Gasteiger partial charge is 0.465 e. The van der Waals surface area contributed by atoms with Gasteiger partial charge in [0.25, 0.3) is 0 Å². The van der Waals surface area contributed by atoms with Crippen molar-refractivity contribution in [2.24, 2.45) is 5.73 Å². The minimum Gasteiger partial charge on any atom is -0.465 e. The van der Waals surface area contributed by atoms with Crippen molar-refractivity contribution in [3.05, 3.63) is 42.2 Å². The number of carbonyl (C=O) groups excluding carboxylic acids is 1. The lowest BCUT2D eigenvalue weighted by Crippen LogP contribution is -2.14. The van der Waals surface area contributed by atoms with E-state index in [2.05, 4.69) is 6.92 Å². The monoisotopic (exact) mass is 219 g/mol. The maximum atomic E-state index is 11.1. The van der Waals surface area contributed by atoms with E-state index in [9.17, 15) is 4.79 Å². The van der Waals surface area contributed by atoms with Gasteiger partial charge in [-0.3, -0.25) is 4.79 Å². The molecule has 0 unspecified atom stereocenters. The molecule has 0 radical (unpaired) electrons. The van der Waals surface area contributed by atoms with Crippen LogP contribution in [0.15, 0.2) is 42.2 Å². The van der Waals surface area contributed by atoms with Gasteiger partial charge in [-0.25, -0.2) is 0 Å². The van der Waals surface area contributed by atoms with Crippen LogP contribution < -0.4 is 10.5 Å². The first-order valence-electron chi connectivity index (χ1n) is 5.44. The summed E-state index contributed by atoms with van der Waals surface area (Å²) in [6, 6.07) is 9.31. The number of ether oxygens (including phenoxy) is 1. The van der Waals surface area contributed by atoms with Gasteiger partial charge < -0.3 is 10.5 Å². The van der Waals surface area contributed by atoms with E-state index in [0.29, 0.717) is 17.7 Å². The highest BCUT2D eigenvalue weighted by Crippen LogP contribution is 2.12. The zero-order valence-corrected chi connectivity index (χ0v) is 9.48. The minimum atomic E-state index is -0.413. The van der Waals surface area contributed by atoms with Crippen LogP contribution in [0.2, 0.25) is 0 Å². The molecule has 3 heteroatoms. The van der Waals surface area contributed by atoms with Crippen LogP contribution in [-0.4, -0.2) is 5.91 Å². The van der Waals surface area contributed by atoms with Crippen LogP contribution >= 0.6 is 0 Å². The Morgan fingerprint density at radius 1 is 1.38 bits per heavy atom. The summed E-state index contributed by atoms with van der Waals surface area (Å²) in [6.45, 7) is 2.07. The number of para-hydroxylation sites is 1. The van der Waals surface area contributed by atoms with Crippen LogP contribution in [0.4, 0.5) is 0 Å². The molecule has 0 saturated heterocycles. The van der Waals surface area contributed by atoms with Crippen LogP contribution in [0.5, 0.6) is 5.75 Å². The molecular weight excluding hydrogens is 202 g/mol. The Morgan fingerprint density at radius 3 is 2.62 bits per heavy atom. The van der Waals surface area contributed by atoms with Crippen LogP contribution in [0.1, 0.15) is 26.2 Å². The SMILES string of the molecule is CCCCC(=COc1ccccc1)C(N)=O. The van der Waals surface area contributed by atoms with Gasteiger partial charge in [-0.05, 0) is 25.0 Å². The van der Waals surface area contributed by atoms with Crippen molar-refractivity contribution in [3.63, 3.8) is 0 Å². The fourth-order valence-electron chi connectivity index (χ4n) is 1.25. The van der Waals surface area contributed by atoms with Crippen molar-refractivity contribution in [1.82, 2.24) is 0 Å². The van der Waals surface area contributed by atoms with Gasteiger partial charge >= 0.3 is 0 Å². The number of primary amides is 1. The second-order valence-corrected chi connectivity index (χ2v) is 3.54. The first-order chi connectivity index (χ1) is 7.74. The van der Waals surface area contributed by atoms with Crippen molar-refractivity contribution in [2.75, 3.05) is 0 Å². The summed E-state index contributed by atoms with van der Waals surface area (Å²) in [5.41, 5.74) is 5.79. The summed E-state index contributed by atoms with van der Waals surface area (Å²) < 4.78 is 5.36. The van der Waals surface area contributed by atoms with Crippen LogP contribution in [-0.2, 0) is 4.79 Å². The van der Waals surface area contributed by atoms with Crippen molar-refractivity contribution in [3.8, 4) is 5.75 Å².